The molecule has 0 radical (unpaired) electrons. The molecular weight excluding hydrogens is 158 g/mol. The molecular formula is C7H10N3S+. The molecule has 1 aromatic rings. The molecule has 0 unspecified atom stereocenters. The highest BCUT2D eigenvalue weighted by Gasteiger charge is 2.07. The zero-order chi connectivity index (χ0) is 8.10. The van der Waals surface area contributed by atoms with Gasteiger partial charge in [-0.25, -0.2) is 9.55 Å². The molecule has 0 bridgehead atoms. The summed E-state index contributed by atoms with van der Waals surface area (Å²) in [6.45, 7) is 0.430. The molecule has 1 rings (SSSR count). The number of hydrogen-bond acceptors (Lipinski definition) is 2. The van der Waals surface area contributed by atoms with E-state index in [0.29, 0.717) is 6.54 Å². The fourth-order valence-corrected chi connectivity index (χ4v) is 1.40. The summed E-state index contributed by atoms with van der Waals surface area (Å²) in [4.78, 5) is 3.08. The van der Waals surface area contributed by atoms with Gasteiger partial charge in [0.2, 0.25) is 0 Å². The SMILES string of the molecule is CSCc1[nH]cc[n+]1CC#N. The molecule has 0 aromatic carbocycles. The van der Waals surface area contributed by atoms with Crippen LogP contribution in [0.15, 0.2) is 12.4 Å². The van der Waals surface area contributed by atoms with Crippen LogP contribution in [0.5, 0.6) is 0 Å². The normalized spacial score (nSPS) is 9.45. The van der Waals surface area contributed by atoms with Crippen molar-refractivity contribution in [2.45, 2.75) is 12.3 Å². The molecule has 11 heavy (non-hydrogen) atoms. The van der Waals surface area contributed by atoms with Crippen LogP contribution in [-0.2, 0) is 12.3 Å². The summed E-state index contributed by atoms with van der Waals surface area (Å²) in [6.07, 6.45) is 5.77. The molecule has 0 saturated heterocycles. The van der Waals surface area contributed by atoms with Gasteiger partial charge in [-0.2, -0.15) is 17.0 Å². The largest absolute Gasteiger partial charge is 0.265 e. The van der Waals surface area contributed by atoms with Crippen LogP contribution in [0.3, 0.4) is 0 Å². The molecule has 1 N–H and O–H groups in total. The van der Waals surface area contributed by atoms with Crippen molar-refractivity contribution in [1.29, 1.82) is 5.26 Å². The number of H-pyrrole nitrogens is 1. The fourth-order valence-electron chi connectivity index (χ4n) is 0.882. The number of aromatic nitrogens is 2. The maximum absolute atomic E-state index is 8.44. The number of aromatic amines is 1. The van der Waals surface area contributed by atoms with E-state index in [1.54, 1.807) is 11.8 Å². The van der Waals surface area contributed by atoms with Gasteiger partial charge in [-0.05, 0) is 6.26 Å². The lowest BCUT2D eigenvalue weighted by Gasteiger charge is -1.91. The first-order chi connectivity index (χ1) is 5.38. The number of imidazole rings is 1. The van der Waals surface area contributed by atoms with Crippen molar-refractivity contribution < 1.29 is 4.57 Å². The van der Waals surface area contributed by atoms with Crippen LogP contribution in [0.4, 0.5) is 0 Å². The zero-order valence-corrected chi connectivity index (χ0v) is 7.19. The van der Waals surface area contributed by atoms with E-state index in [0.717, 1.165) is 11.6 Å². The van der Waals surface area contributed by atoms with Gasteiger partial charge in [0, 0.05) is 0 Å². The maximum atomic E-state index is 8.44. The van der Waals surface area contributed by atoms with Crippen LogP contribution in [0, 0.1) is 11.3 Å². The Morgan fingerprint density at radius 3 is 3.27 bits per heavy atom. The molecule has 1 aromatic heterocycles. The van der Waals surface area contributed by atoms with Crippen LogP contribution in [-0.4, -0.2) is 11.2 Å². The van der Waals surface area contributed by atoms with Crippen LogP contribution in [0.25, 0.3) is 0 Å². The van der Waals surface area contributed by atoms with Crippen molar-refractivity contribution in [3.05, 3.63) is 18.2 Å². The average molecular weight is 168 g/mol. The highest BCUT2D eigenvalue weighted by molar-refractivity contribution is 7.97. The molecule has 3 nitrogen and oxygen atoms in total. The molecule has 0 saturated carbocycles. The van der Waals surface area contributed by atoms with Crippen LogP contribution in [0.1, 0.15) is 5.82 Å². The topological polar surface area (TPSA) is 43.5 Å². The summed E-state index contributed by atoms with van der Waals surface area (Å²) >= 11 is 1.74. The van der Waals surface area contributed by atoms with Gasteiger partial charge in [-0.1, -0.05) is 0 Å². The van der Waals surface area contributed by atoms with Crippen molar-refractivity contribution in [3.8, 4) is 6.07 Å². The minimum atomic E-state index is 0.430. The third-order valence-electron chi connectivity index (χ3n) is 1.37. The quantitative estimate of drug-likeness (QED) is 0.675. The lowest BCUT2D eigenvalue weighted by Crippen LogP contribution is -2.34. The van der Waals surface area contributed by atoms with E-state index in [-0.39, 0.29) is 0 Å². The highest BCUT2D eigenvalue weighted by Crippen LogP contribution is 2.00. The Labute approximate surface area is 70.0 Å². The Bertz CT molecular complexity index is 261. The summed E-state index contributed by atoms with van der Waals surface area (Å²) in [5.74, 6) is 2.02. The fraction of sp³-hybridized carbons (Fsp3) is 0.429. The molecule has 1 heterocycles. The molecule has 4 heteroatoms. The summed E-state index contributed by atoms with van der Waals surface area (Å²) < 4.78 is 1.91. The number of rotatable bonds is 3. The lowest BCUT2D eigenvalue weighted by atomic mass is 10.6. The summed E-state index contributed by atoms with van der Waals surface area (Å²) in [6, 6.07) is 2.10. The molecule has 0 spiro atoms. The van der Waals surface area contributed by atoms with Gasteiger partial charge in [0.25, 0.3) is 5.82 Å². The van der Waals surface area contributed by atoms with Crippen LogP contribution < -0.4 is 4.57 Å². The number of nitrogens with zero attached hydrogens (tertiary/aromatic N) is 2. The Hall–Kier alpha value is -0.950. The molecule has 0 aliphatic rings. The second-order valence-corrected chi connectivity index (χ2v) is 2.99. The molecule has 0 fully saturated rings. The Balaban J connectivity index is 2.71. The van der Waals surface area contributed by atoms with Crippen LogP contribution in [0.2, 0.25) is 0 Å². The van der Waals surface area contributed by atoms with Crippen molar-refractivity contribution in [1.82, 2.24) is 4.98 Å². The molecule has 58 valence electrons. The van der Waals surface area contributed by atoms with E-state index in [2.05, 4.69) is 11.1 Å². The van der Waals surface area contributed by atoms with E-state index >= 15 is 0 Å². The molecule has 0 atom stereocenters. The van der Waals surface area contributed by atoms with Crippen molar-refractivity contribution in [3.63, 3.8) is 0 Å². The first-order valence-electron chi connectivity index (χ1n) is 3.30. The average Bonchev–Trinajstić information content (AvgIpc) is 2.39. The molecule has 0 aliphatic carbocycles. The third kappa shape index (κ3) is 1.99. The van der Waals surface area contributed by atoms with Gasteiger partial charge in [0.1, 0.15) is 18.5 Å². The highest BCUT2D eigenvalue weighted by atomic mass is 32.2. The summed E-state index contributed by atoms with van der Waals surface area (Å²) in [5, 5.41) is 8.44. The van der Waals surface area contributed by atoms with Gasteiger partial charge in [-0.15, -0.1) is 0 Å². The van der Waals surface area contributed by atoms with Crippen LogP contribution >= 0.6 is 11.8 Å². The minimum Gasteiger partial charge on any atom is -0.247 e. The molecule has 0 amide bonds. The van der Waals surface area contributed by atoms with E-state index in [1.807, 2.05) is 23.2 Å². The van der Waals surface area contributed by atoms with Crippen molar-refractivity contribution >= 4 is 11.8 Å². The smallest absolute Gasteiger partial charge is 0.247 e. The second kappa shape index (κ2) is 4.04. The van der Waals surface area contributed by atoms with Gasteiger partial charge >= 0.3 is 0 Å². The van der Waals surface area contributed by atoms with E-state index in [1.165, 1.54) is 0 Å². The van der Waals surface area contributed by atoms with E-state index in [9.17, 15) is 0 Å². The van der Waals surface area contributed by atoms with Crippen molar-refractivity contribution in [2.24, 2.45) is 0 Å². The number of nitrogens with one attached hydrogen (secondary N) is 1. The number of thioether (sulfide) groups is 1. The summed E-state index contributed by atoms with van der Waals surface area (Å²) in [5.41, 5.74) is 0. The predicted octanol–water partition coefficient (Wildman–Crippen LogP) is 0.689. The third-order valence-corrected chi connectivity index (χ3v) is 1.94. The first kappa shape index (κ1) is 8.15. The predicted molar refractivity (Wildman–Crippen MR) is 43.8 cm³/mol. The van der Waals surface area contributed by atoms with E-state index < -0.39 is 0 Å². The minimum absolute atomic E-state index is 0.430. The maximum Gasteiger partial charge on any atom is 0.265 e. The van der Waals surface area contributed by atoms with E-state index in [4.69, 9.17) is 5.26 Å². The Kier molecular flexibility index (Phi) is 2.99. The number of nitriles is 1. The van der Waals surface area contributed by atoms with Gasteiger partial charge in [0.05, 0.1) is 5.75 Å². The summed E-state index contributed by atoms with van der Waals surface area (Å²) in [7, 11) is 0. The Morgan fingerprint density at radius 2 is 2.64 bits per heavy atom. The Morgan fingerprint density at radius 1 is 1.82 bits per heavy atom. The van der Waals surface area contributed by atoms with Gasteiger partial charge in [0.15, 0.2) is 6.54 Å². The van der Waals surface area contributed by atoms with Gasteiger partial charge in [-0.3, -0.25) is 0 Å². The first-order valence-corrected chi connectivity index (χ1v) is 4.69. The van der Waals surface area contributed by atoms with Crippen molar-refractivity contribution in [2.75, 3.05) is 6.26 Å². The second-order valence-electron chi connectivity index (χ2n) is 2.13. The monoisotopic (exact) mass is 168 g/mol. The van der Waals surface area contributed by atoms with Gasteiger partial charge < -0.3 is 0 Å². The molecule has 0 aliphatic heterocycles. The number of hydrogen-bond donors (Lipinski definition) is 1. The standard InChI is InChI=1S/C7H9N3S/c1-11-6-7-9-3-5-10(7)4-2-8/h3,5H,4,6H2,1H3/p+1. The lowest BCUT2D eigenvalue weighted by molar-refractivity contribution is -0.690. The zero-order valence-electron chi connectivity index (χ0n) is 6.37.